The maximum Gasteiger partial charge on any atom is 0.258 e. The molecule has 2 spiro atoms. The summed E-state index contributed by atoms with van der Waals surface area (Å²) in [5, 5.41) is 7.92. The minimum absolute atomic E-state index is 0.0209. The molecular weight excluding hydrogens is 817 g/mol. The Hall–Kier alpha value is -5.50. The average molecular weight is 879 g/mol. The molecule has 2 heterocycles. The molecular formula is C58H62N4O4. The highest BCUT2D eigenvalue weighted by Crippen LogP contribution is 2.80. The molecule has 8 heteroatoms. The van der Waals surface area contributed by atoms with Gasteiger partial charge in [-0.2, -0.15) is 0 Å². The van der Waals surface area contributed by atoms with Crippen molar-refractivity contribution in [2.24, 2.45) is 57.2 Å². The second-order valence-corrected chi connectivity index (χ2v) is 23.3. The van der Waals surface area contributed by atoms with Gasteiger partial charge in [-0.1, -0.05) is 72.8 Å². The molecule has 9 aliphatic rings. The molecule has 10 atom stereocenters. The highest BCUT2D eigenvalue weighted by Gasteiger charge is 2.72. The molecule has 10 unspecified atom stereocenters. The van der Waals surface area contributed by atoms with E-state index >= 15 is 0 Å². The number of benzene rings is 4. The van der Waals surface area contributed by atoms with Crippen molar-refractivity contribution >= 4 is 39.9 Å². The molecule has 6 bridgehead atoms. The second-order valence-electron chi connectivity index (χ2n) is 23.3. The van der Waals surface area contributed by atoms with Crippen molar-refractivity contribution in [3.63, 3.8) is 0 Å². The van der Waals surface area contributed by atoms with Crippen molar-refractivity contribution < 1.29 is 14.4 Å². The minimum Gasteiger partial charge on any atom is -0.334 e. The molecule has 66 heavy (non-hydrogen) atoms. The SMILES string of the molecule is O=C(CC12CC3CC4CC(C1)C4(C3)C2)Nc1cccc2c(=O)n(Cc3ccccc3)ccc12.O=C(CC12CC3CC4CC(C1)C4(C3)C2)Nc1cccc2c1CCN(Cc1ccccc1)C2=O. The van der Waals surface area contributed by atoms with Gasteiger partial charge in [-0.3, -0.25) is 19.2 Å². The number of carbonyl (C=O) groups is 3. The van der Waals surface area contributed by atoms with Crippen LogP contribution in [0.25, 0.3) is 10.8 Å². The van der Waals surface area contributed by atoms with Gasteiger partial charge >= 0.3 is 0 Å². The number of nitrogens with zero attached hydrogens (tertiary/aromatic N) is 2. The number of fused-ring (bicyclic) bond motifs is 6. The van der Waals surface area contributed by atoms with Crippen molar-refractivity contribution in [3.05, 3.63) is 142 Å². The number of hydrogen-bond donors (Lipinski definition) is 2. The summed E-state index contributed by atoms with van der Waals surface area (Å²) in [7, 11) is 0. The van der Waals surface area contributed by atoms with Crippen LogP contribution >= 0.6 is 0 Å². The van der Waals surface area contributed by atoms with E-state index in [0.29, 0.717) is 48.7 Å². The van der Waals surface area contributed by atoms with E-state index in [-0.39, 0.29) is 34.1 Å². The fraction of sp³-hybridized carbons (Fsp3) is 0.483. The van der Waals surface area contributed by atoms with Gasteiger partial charge < -0.3 is 20.1 Å². The van der Waals surface area contributed by atoms with E-state index in [1.165, 1.54) is 77.0 Å². The highest BCUT2D eigenvalue weighted by atomic mass is 16.2. The predicted octanol–water partition coefficient (Wildman–Crippen LogP) is 11.0. The van der Waals surface area contributed by atoms with E-state index in [1.807, 2.05) is 102 Å². The van der Waals surface area contributed by atoms with Crippen LogP contribution in [0.15, 0.2) is 114 Å². The number of nitrogens with one attached hydrogen (secondary N) is 2. The molecule has 8 aliphatic carbocycles. The van der Waals surface area contributed by atoms with E-state index in [9.17, 15) is 19.2 Å². The van der Waals surface area contributed by atoms with Crippen LogP contribution in [0.3, 0.4) is 0 Å². The van der Waals surface area contributed by atoms with Gasteiger partial charge in [0.1, 0.15) is 0 Å². The number of aromatic nitrogens is 1. The Morgan fingerprint density at radius 2 is 1.14 bits per heavy atom. The van der Waals surface area contributed by atoms with Crippen LogP contribution in [0.5, 0.6) is 0 Å². The summed E-state index contributed by atoms with van der Waals surface area (Å²) in [5.74, 6) is 5.73. The molecule has 8 saturated carbocycles. The number of pyridine rings is 1. The normalized spacial score (nSPS) is 34.2. The van der Waals surface area contributed by atoms with Crippen molar-refractivity contribution in [1.29, 1.82) is 0 Å². The van der Waals surface area contributed by atoms with Gasteiger partial charge in [-0.25, -0.2) is 0 Å². The van der Waals surface area contributed by atoms with Gasteiger partial charge in [0.05, 0.1) is 6.54 Å². The predicted molar refractivity (Wildman–Crippen MR) is 258 cm³/mol. The number of amides is 3. The van der Waals surface area contributed by atoms with Gasteiger partial charge in [-0.15, -0.1) is 0 Å². The zero-order valence-electron chi connectivity index (χ0n) is 38.1. The highest BCUT2D eigenvalue weighted by molar-refractivity contribution is 6.02. The Bertz CT molecular complexity index is 2850. The molecule has 8 nitrogen and oxygen atoms in total. The largest absolute Gasteiger partial charge is 0.334 e. The maximum atomic E-state index is 13.3. The molecule has 4 aromatic carbocycles. The topological polar surface area (TPSA) is 101 Å². The zero-order chi connectivity index (χ0) is 44.4. The zero-order valence-corrected chi connectivity index (χ0v) is 38.1. The average Bonchev–Trinajstić information content (AvgIpc) is 3.80. The number of hydrogen-bond acceptors (Lipinski definition) is 4. The minimum atomic E-state index is -0.0209. The van der Waals surface area contributed by atoms with Gasteiger partial charge in [-0.05, 0) is 188 Å². The summed E-state index contributed by atoms with van der Waals surface area (Å²) >= 11 is 0. The fourth-order valence-corrected chi connectivity index (χ4v) is 17.5. The van der Waals surface area contributed by atoms with E-state index in [2.05, 4.69) is 22.8 Å². The monoisotopic (exact) mass is 878 g/mol. The molecule has 0 radical (unpaired) electrons. The lowest BCUT2D eigenvalue weighted by atomic mass is 9.55. The Morgan fingerprint density at radius 1 is 0.561 bits per heavy atom. The summed E-state index contributed by atoms with van der Waals surface area (Å²) in [5.41, 5.74) is 7.24. The summed E-state index contributed by atoms with van der Waals surface area (Å²) in [4.78, 5) is 54.8. The lowest BCUT2D eigenvalue weighted by Gasteiger charge is -2.49. The van der Waals surface area contributed by atoms with E-state index < -0.39 is 0 Å². The molecule has 5 aromatic rings. The van der Waals surface area contributed by atoms with Crippen molar-refractivity contribution in [1.82, 2.24) is 9.47 Å². The first-order valence-corrected chi connectivity index (χ1v) is 25.3. The number of anilines is 2. The summed E-state index contributed by atoms with van der Waals surface area (Å²) in [6.07, 6.45) is 20.1. The molecule has 338 valence electrons. The lowest BCUT2D eigenvalue weighted by Crippen LogP contribution is -2.42. The van der Waals surface area contributed by atoms with Crippen LogP contribution in [0.4, 0.5) is 11.4 Å². The van der Waals surface area contributed by atoms with Gasteiger partial charge in [0.15, 0.2) is 0 Å². The number of carbonyl (C=O) groups excluding carboxylic acids is 3. The van der Waals surface area contributed by atoms with Crippen LogP contribution in [-0.2, 0) is 29.1 Å². The Labute approximate surface area is 387 Å². The summed E-state index contributed by atoms with van der Waals surface area (Å²) in [6.45, 7) is 1.86. The summed E-state index contributed by atoms with van der Waals surface area (Å²) in [6, 6.07) is 33.6. The molecule has 1 aliphatic heterocycles. The van der Waals surface area contributed by atoms with Gasteiger partial charge in [0.2, 0.25) is 11.8 Å². The Morgan fingerprint density at radius 3 is 1.77 bits per heavy atom. The maximum absolute atomic E-state index is 13.3. The molecule has 1 aromatic heterocycles. The van der Waals surface area contributed by atoms with E-state index in [1.54, 1.807) is 4.57 Å². The number of rotatable bonds is 10. The smallest absolute Gasteiger partial charge is 0.258 e. The third-order valence-electron chi connectivity index (χ3n) is 19.5. The van der Waals surface area contributed by atoms with E-state index in [0.717, 1.165) is 80.9 Å². The van der Waals surface area contributed by atoms with Crippen LogP contribution in [0.1, 0.15) is 117 Å². The third kappa shape index (κ3) is 6.50. The van der Waals surface area contributed by atoms with Crippen molar-refractivity contribution in [3.8, 4) is 0 Å². The van der Waals surface area contributed by atoms with Crippen molar-refractivity contribution in [2.45, 2.75) is 109 Å². The molecule has 14 rings (SSSR count). The molecule has 0 saturated heterocycles. The lowest BCUT2D eigenvalue weighted by molar-refractivity contribution is -0.120. The first-order valence-electron chi connectivity index (χ1n) is 25.3. The third-order valence-corrected chi connectivity index (χ3v) is 19.5. The van der Waals surface area contributed by atoms with Crippen LogP contribution in [-0.4, -0.2) is 33.7 Å². The van der Waals surface area contributed by atoms with E-state index in [4.69, 9.17) is 0 Å². The quantitative estimate of drug-likeness (QED) is 0.146. The molecule has 8 fully saturated rings. The first kappa shape index (κ1) is 40.7. The van der Waals surface area contributed by atoms with Gasteiger partial charge in [0.25, 0.3) is 11.5 Å². The van der Waals surface area contributed by atoms with Crippen LogP contribution in [0, 0.1) is 57.2 Å². The molecule has 3 amide bonds. The van der Waals surface area contributed by atoms with Crippen LogP contribution < -0.4 is 16.2 Å². The Balaban J connectivity index is 0.000000132. The molecule has 2 N–H and O–H groups in total. The first-order chi connectivity index (χ1) is 32.1. The Kier molecular flexibility index (Phi) is 9.26. The van der Waals surface area contributed by atoms with Gasteiger partial charge in [0, 0.05) is 59.8 Å². The summed E-state index contributed by atoms with van der Waals surface area (Å²) < 4.78 is 1.74. The van der Waals surface area contributed by atoms with Crippen LogP contribution in [0.2, 0.25) is 0 Å². The van der Waals surface area contributed by atoms with Crippen molar-refractivity contribution in [2.75, 3.05) is 17.2 Å². The fourth-order valence-electron chi connectivity index (χ4n) is 17.5. The standard InChI is InChI=1S/C29H32N2O2.C29H30N2O2/c2*32-26(16-28-13-20-11-21-12-22(15-28)29(21,14-20)18-28)30-25-8-4-7-24-23(25)9-10-31(27(24)33)17-19-5-2-1-3-6-19/h1-8,20-22H,9-18H2,(H,30,32);1-10,20-22H,11-18H2,(H,30,32). The second kappa shape index (κ2) is 15.0.